The first-order valence-corrected chi connectivity index (χ1v) is 11.3. The maximum Gasteiger partial charge on any atom is 0.353 e. The molecule has 1 aliphatic rings. The minimum atomic E-state index is -0.392. The van der Waals surface area contributed by atoms with Crippen molar-refractivity contribution >= 4 is 28.7 Å². The molecule has 1 aliphatic heterocycles. The summed E-state index contributed by atoms with van der Waals surface area (Å²) in [6.07, 6.45) is 1.39. The number of nitro groups is 1. The minimum Gasteiger partial charge on any atom is -0.368 e. The highest BCUT2D eigenvalue weighted by Crippen LogP contribution is 2.35. The van der Waals surface area contributed by atoms with Crippen LogP contribution in [0.1, 0.15) is 36.5 Å². The summed E-state index contributed by atoms with van der Waals surface area (Å²) in [5.41, 5.74) is 5.63. The molecule has 1 N–H and O–H groups in total. The molecule has 1 saturated heterocycles. The van der Waals surface area contributed by atoms with Crippen molar-refractivity contribution in [1.29, 1.82) is 0 Å². The molecule has 1 aromatic heterocycles. The fourth-order valence-corrected chi connectivity index (χ4v) is 4.19. The van der Waals surface area contributed by atoms with Gasteiger partial charge in [0.1, 0.15) is 6.33 Å². The molecule has 8 nitrogen and oxygen atoms in total. The Kier molecular flexibility index (Phi) is 6.44. The number of nitrogens with zero attached hydrogens (tertiary/aromatic N) is 5. The van der Waals surface area contributed by atoms with E-state index in [1.165, 1.54) is 28.7 Å². The van der Waals surface area contributed by atoms with Crippen LogP contribution in [0.4, 0.5) is 28.7 Å². The number of anilines is 4. The van der Waals surface area contributed by atoms with E-state index in [9.17, 15) is 10.1 Å². The smallest absolute Gasteiger partial charge is 0.353 e. The average Bonchev–Trinajstić information content (AvgIpc) is 2.81. The van der Waals surface area contributed by atoms with Crippen molar-refractivity contribution in [2.75, 3.05) is 41.3 Å². The first-order valence-electron chi connectivity index (χ1n) is 11.3. The largest absolute Gasteiger partial charge is 0.368 e. The van der Waals surface area contributed by atoms with Crippen LogP contribution in [0.3, 0.4) is 0 Å². The van der Waals surface area contributed by atoms with E-state index in [-0.39, 0.29) is 11.5 Å². The van der Waals surface area contributed by atoms with E-state index in [1.807, 2.05) is 29.2 Å². The molecule has 33 heavy (non-hydrogen) atoms. The summed E-state index contributed by atoms with van der Waals surface area (Å²) in [5.74, 6) is 0.984. The zero-order valence-electron chi connectivity index (χ0n) is 19.6. The van der Waals surface area contributed by atoms with Crippen molar-refractivity contribution in [1.82, 2.24) is 9.97 Å². The number of aryl methyl sites for hydroxylation is 1. The zero-order chi connectivity index (χ0) is 23.5. The van der Waals surface area contributed by atoms with Crippen LogP contribution in [0.5, 0.6) is 0 Å². The Morgan fingerprint density at radius 2 is 1.64 bits per heavy atom. The third kappa shape index (κ3) is 4.74. The van der Waals surface area contributed by atoms with E-state index in [1.54, 1.807) is 0 Å². The van der Waals surface area contributed by atoms with Gasteiger partial charge in [-0.05, 0) is 54.7 Å². The molecule has 2 heterocycles. The molecular weight excluding hydrogens is 416 g/mol. The van der Waals surface area contributed by atoms with Crippen LogP contribution >= 0.6 is 0 Å². The van der Waals surface area contributed by atoms with E-state index >= 15 is 0 Å². The molecule has 2 aromatic carbocycles. The molecule has 0 bridgehead atoms. The fraction of sp³-hybridized carbons (Fsp3) is 0.360. The summed E-state index contributed by atoms with van der Waals surface area (Å²) >= 11 is 0. The number of aromatic nitrogens is 2. The Balaban J connectivity index is 1.55. The van der Waals surface area contributed by atoms with E-state index in [2.05, 4.69) is 66.1 Å². The second kappa shape index (κ2) is 9.44. The maximum absolute atomic E-state index is 12.0. The van der Waals surface area contributed by atoms with E-state index < -0.39 is 4.92 Å². The molecule has 4 rings (SSSR count). The van der Waals surface area contributed by atoms with Gasteiger partial charge in [-0.15, -0.1) is 0 Å². The molecule has 0 amide bonds. The Hall–Kier alpha value is -3.68. The quantitative estimate of drug-likeness (QED) is 0.411. The van der Waals surface area contributed by atoms with E-state index in [4.69, 9.17) is 0 Å². The van der Waals surface area contributed by atoms with Crippen molar-refractivity contribution in [3.8, 4) is 0 Å². The fourth-order valence-electron chi connectivity index (χ4n) is 4.19. The molecule has 0 spiro atoms. The van der Waals surface area contributed by atoms with Gasteiger partial charge in [0.2, 0.25) is 11.6 Å². The predicted molar refractivity (Wildman–Crippen MR) is 133 cm³/mol. The summed E-state index contributed by atoms with van der Waals surface area (Å²) in [4.78, 5) is 24.5. The number of hydrogen-bond donors (Lipinski definition) is 1. The Morgan fingerprint density at radius 1 is 0.970 bits per heavy atom. The Bertz CT molecular complexity index is 1140. The minimum absolute atomic E-state index is 0.0920. The first kappa shape index (κ1) is 22.5. The van der Waals surface area contributed by atoms with Gasteiger partial charge < -0.3 is 15.1 Å². The number of piperazine rings is 1. The monoisotopic (exact) mass is 446 g/mol. The van der Waals surface area contributed by atoms with Gasteiger partial charge >= 0.3 is 5.69 Å². The summed E-state index contributed by atoms with van der Waals surface area (Å²) < 4.78 is 0. The summed E-state index contributed by atoms with van der Waals surface area (Å²) in [6, 6.07) is 14.2. The van der Waals surface area contributed by atoms with Gasteiger partial charge in [0.15, 0.2) is 0 Å². The summed E-state index contributed by atoms with van der Waals surface area (Å²) in [6.45, 7) is 11.3. The van der Waals surface area contributed by atoms with Crippen LogP contribution in [0.15, 0.2) is 48.8 Å². The third-order valence-electron chi connectivity index (χ3n) is 6.32. The van der Waals surface area contributed by atoms with Gasteiger partial charge in [0, 0.05) is 37.6 Å². The van der Waals surface area contributed by atoms with Gasteiger partial charge in [-0.3, -0.25) is 10.1 Å². The molecule has 1 fully saturated rings. The lowest BCUT2D eigenvalue weighted by Crippen LogP contribution is -2.47. The van der Waals surface area contributed by atoms with Crippen molar-refractivity contribution < 1.29 is 4.92 Å². The lowest BCUT2D eigenvalue weighted by Gasteiger charge is -2.37. The highest BCUT2D eigenvalue weighted by Gasteiger charge is 2.29. The average molecular weight is 447 g/mol. The number of rotatable bonds is 6. The standard InChI is InChI=1S/C25H30N6O2/c1-17(2)20-8-10-21(11-9-20)28-24-23(31(32)33)25(27-16-26-24)30-14-12-29(13-15-30)22-7-5-6-18(3)19(22)4/h5-11,16-17H,12-15H2,1-4H3,(H,26,27,28). The lowest BCUT2D eigenvalue weighted by atomic mass is 10.0. The van der Waals surface area contributed by atoms with Crippen LogP contribution in [0, 0.1) is 24.0 Å². The number of nitrogens with one attached hydrogen (secondary N) is 1. The highest BCUT2D eigenvalue weighted by atomic mass is 16.6. The molecule has 172 valence electrons. The second-order valence-corrected chi connectivity index (χ2v) is 8.75. The van der Waals surface area contributed by atoms with Crippen LogP contribution in [-0.4, -0.2) is 41.1 Å². The first-order chi connectivity index (χ1) is 15.8. The molecule has 3 aromatic rings. The summed E-state index contributed by atoms with van der Waals surface area (Å²) in [5, 5.41) is 15.2. The summed E-state index contributed by atoms with van der Waals surface area (Å²) in [7, 11) is 0. The van der Waals surface area contributed by atoms with Gasteiger partial charge in [-0.2, -0.15) is 0 Å². The van der Waals surface area contributed by atoms with Gasteiger partial charge in [-0.25, -0.2) is 9.97 Å². The van der Waals surface area contributed by atoms with Crippen LogP contribution in [0.25, 0.3) is 0 Å². The third-order valence-corrected chi connectivity index (χ3v) is 6.32. The predicted octanol–water partition coefficient (Wildman–Crippen LogP) is 5.20. The lowest BCUT2D eigenvalue weighted by molar-refractivity contribution is -0.383. The van der Waals surface area contributed by atoms with Crippen molar-refractivity contribution in [3.63, 3.8) is 0 Å². The molecular formula is C25H30N6O2. The van der Waals surface area contributed by atoms with Gasteiger partial charge in [0.25, 0.3) is 0 Å². The molecule has 0 radical (unpaired) electrons. The molecule has 8 heteroatoms. The van der Waals surface area contributed by atoms with E-state index in [0.717, 1.165) is 18.8 Å². The second-order valence-electron chi connectivity index (χ2n) is 8.75. The van der Waals surface area contributed by atoms with Crippen LogP contribution < -0.4 is 15.1 Å². The number of hydrogen-bond acceptors (Lipinski definition) is 7. The van der Waals surface area contributed by atoms with Crippen LogP contribution in [-0.2, 0) is 0 Å². The van der Waals surface area contributed by atoms with Crippen LogP contribution in [0.2, 0.25) is 0 Å². The van der Waals surface area contributed by atoms with Crippen molar-refractivity contribution in [3.05, 3.63) is 75.6 Å². The van der Waals surface area contributed by atoms with Gasteiger partial charge in [0.05, 0.1) is 4.92 Å². The molecule has 0 saturated carbocycles. The van der Waals surface area contributed by atoms with Crippen molar-refractivity contribution in [2.45, 2.75) is 33.6 Å². The van der Waals surface area contributed by atoms with Gasteiger partial charge in [-0.1, -0.05) is 38.1 Å². The van der Waals surface area contributed by atoms with Crippen molar-refractivity contribution in [2.24, 2.45) is 0 Å². The normalized spacial score (nSPS) is 14.0. The maximum atomic E-state index is 12.0. The molecule has 0 atom stereocenters. The SMILES string of the molecule is Cc1cccc(N2CCN(c3ncnc(Nc4ccc(C(C)C)cc4)c3[N+](=O)[O-])CC2)c1C. The molecule has 0 aliphatic carbocycles. The Labute approximate surface area is 194 Å². The molecule has 0 unspecified atom stereocenters. The Morgan fingerprint density at radius 3 is 2.27 bits per heavy atom. The number of benzene rings is 2. The zero-order valence-corrected chi connectivity index (χ0v) is 19.6. The topological polar surface area (TPSA) is 87.4 Å². The highest BCUT2D eigenvalue weighted by molar-refractivity contribution is 5.74. The van der Waals surface area contributed by atoms with E-state index in [0.29, 0.717) is 24.8 Å².